The average molecular weight is 525 g/mol. The molecule has 0 spiro atoms. The molecule has 0 bridgehead atoms. The van der Waals surface area contributed by atoms with Gasteiger partial charge in [-0.2, -0.15) is 5.10 Å². The fourth-order valence-corrected chi connectivity index (χ4v) is 4.96. The molecule has 1 unspecified atom stereocenters. The average Bonchev–Trinajstić information content (AvgIpc) is 3.53. The number of nitrogens with one attached hydrogen (secondary N) is 3. The Bertz CT molecular complexity index is 1840. The van der Waals surface area contributed by atoms with Gasteiger partial charge in [0.25, 0.3) is 0 Å². The van der Waals surface area contributed by atoms with Crippen molar-refractivity contribution in [3.63, 3.8) is 0 Å². The van der Waals surface area contributed by atoms with E-state index in [-0.39, 0.29) is 22.7 Å². The molecule has 4 N–H and O–H groups in total. The molecule has 9 nitrogen and oxygen atoms in total. The predicted molar refractivity (Wildman–Crippen MR) is 142 cm³/mol. The predicted octanol–water partition coefficient (Wildman–Crippen LogP) is 5.43. The van der Waals surface area contributed by atoms with Crippen molar-refractivity contribution in [1.82, 2.24) is 35.1 Å². The highest BCUT2D eigenvalue weighted by molar-refractivity contribution is 5.97. The van der Waals surface area contributed by atoms with Gasteiger partial charge in [0, 0.05) is 35.0 Å². The SMILES string of the molecule is OC(Nc1cncc(-c2ncc3[nH]nc(-c4nc5c(-c6ccccc6F)cncc5[nH]4)c3c2F)c1)C1CCC1. The van der Waals surface area contributed by atoms with Crippen molar-refractivity contribution < 1.29 is 13.9 Å². The van der Waals surface area contributed by atoms with Crippen molar-refractivity contribution >= 4 is 27.6 Å². The maximum Gasteiger partial charge on any atom is 0.161 e. The van der Waals surface area contributed by atoms with E-state index in [1.807, 2.05) is 0 Å². The summed E-state index contributed by atoms with van der Waals surface area (Å²) in [5, 5.41) is 20.8. The molecule has 1 fully saturated rings. The van der Waals surface area contributed by atoms with Gasteiger partial charge < -0.3 is 15.4 Å². The molecule has 1 aliphatic rings. The Labute approximate surface area is 220 Å². The minimum absolute atomic E-state index is 0.0873. The minimum atomic E-state index is -0.687. The summed E-state index contributed by atoms with van der Waals surface area (Å²) >= 11 is 0. The summed E-state index contributed by atoms with van der Waals surface area (Å²) in [6.07, 6.45) is 10.1. The van der Waals surface area contributed by atoms with Gasteiger partial charge in [-0.15, -0.1) is 0 Å². The van der Waals surface area contributed by atoms with Crippen LogP contribution < -0.4 is 5.32 Å². The van der Waals surface area contributed by atoms with Gasteiger partial charge in [0.2, 0.25) is 0 Å². The molecule has 0 saturated heterocycles. The second-order valence-corrected chi connectivity index (χ2v) is 9.67. The highest BCUT2D eigenvalue weighted by Gasteiger charge is 2.26. The summed E-state index contributed by atoms with van der Waals surface area (Å²) in [5.41, 5.74) is 3.68. The smallest absolute Gasteiger partial charge is 0.161 e. The number of hydrogen-bond donors (Lipinski definition) is 4. The molecular formula is C28H22F2N8O. The van der Waals surface area contributed by atoms with Crippen LogP contribution in [0.1, 0.15) is 19.3 Å². The van der Waals surface area contributed by atoms with Gasteiger partial charge in [-0.25, -0.2) is 13.8 Å². The summed E-state index contributed by atoms with van der Waals surface area (Å²) in [7, 11) is 0. The third-order valence-electron chi connectivity index (χ3n) is 7.25. The largest absolute Gasteiger partial charge is 0.374 e. The maximum absolute atomic E-state index is 16.0. The lowest BCUT2D eigenvalue weighted by Crippen LogP contribution is -2.33. The number of aromatic nitrogens is 7. The number of aliphatic hydroxyl groups excluding tert-OH is 1. The van der Waals surface area contributed by atoms with Gasteiger partial charge in [0.1, 0.15) is 28.9 Å². The normalized spacial score (nSPS) is 14.5. The quantitative estimate of drug-likeness (QED) is 0.214. The van der Waals surface area contributed by atoms with Crippen LogP contribution in [-0.2, 0) is 0 Å². The van der Waals surface area contributed by atoms with Crippen molar-refractivity contribution in [3.05, 3.63) is 73.0 Å². The van der Waals surface area contributed by atoms with E-state index in [1.165, 1.54) is 18.5 Å². The van der Waals surface area contributed by atoms with Crippen LogP contribution in [0.5, 0.6) is 0 Å². The third-order valence-corrected chi connectivity index (χ3v) is 7.25. The number of aliphatic hydroxyl groups is 1. The Morgan fingerprint density at radius 2 is 1.79 bits per heavy atom. The van der Waals surface area contributed by atoms with E-state index in [1.54, 1.807) is 42.9 Å². The van der Waals surface area contributed by atoms with Gasteiger partial charge in [-0.1, -0.05) is 24.6 Å². The standard InChI is InChI=1S/C28H22F2N8O/c29-19-7-2-1-6-17(19)18-11-32-12-21-25(18)36-27(35-21)26-22-20(37-38-26)13-33-24(23(22)30)15-8-16(10-31-9-15)34-28(39)14-4-3-5-14/h1-2,6-14,28,34,39H,3-5H2,(H,35,36)(H,37,38). The second-order valence-electron chi connectivity index (χ2n) is 9.67. The zero-order valence-corrected chi connectivity index (χ0v) is 20.5. The summed E-state index contributed by atoms with van der Waals surface area (Å²) in [6.45, 7) is 0. The molecule has 7 rings (SSSR count). The molecule has 0 radical (unpaired) electrons. The number of nitrogens with zero attached hydrogens (tertiary/aromatic N) is 5. The molecule has 1 atom stereocenters. The molecule has 39 heavy (non-hydrogen) atoms. The monoisotopic (exact) mass is 524 g/mol. The van der Waals surface area contributed by atoms with Gasteiger partial charge in [-0.05, 0) is 25.0 Å². The first-order valence-corrected chi connectivity index (χ1v) is 12.6. The Kier molecular flexibility index (Phi) is 5.51. The lowest BCUT2D eigenvalue weighted by molar-refractivity contribution is 0.0851. The molecule has 6 aromatic rings. The fraction of sp³-hybridized carbons (Fsp3) is 0.179. The third kappa shape index (κ3) is 3.98. The number of fused-ring (bicyclic) bond motifs is 2. The van der Waals surface area contributed by atoms with E-state index in [4.69, 9.17) is 0 Å². The van der Waals surface area contributed by atoms with Crippen molar-refractivity contribution in [2.24, 2.45) is 5.92 Å². The first-order chi connectivity index (χ1) is 19.1. The first-order valence-electron chi connectivity index (χ1n) is 12.6. The van der Waals surface area contributed by atoms with Crippen molar-refractivity contribution in [2.45, 2.75) is 25.5 Å². The van der Waals surface area contributed by atoms with Crippen LogP contribution in [0.15, 0.2) is 61.3 Å². The molecule has 194 valence electrons. The van der Waals surface area contributed by atoms with E-state index in [0.717, 1.165) is 19.3 Å². The van der Waals surface area contributed by atoms with Crippen LogP contribution in [0.25, 0.3) is 55.8 Å². The molecule has 1 aromatic carbocycles. The molecule has 11 heteroatoms. The molecule has 0 amide bonds. The number of aromatic amines is 2. The number of imidazole rings is 1. The Hall–Kier alpha value is -4.77. The van der Waals surface area contributed by atoms with Crippen LogP contribution in [0.2, 0.25) is 0 Å². The van der Waals surface area contributed by atoms with Crippen LogP contribution in [-0.4, -0.2) is 46.5 Å². The molecular weight excluding hydrogens is 502 g/mol. The van der Waals surface area contributed by atoms with E-state index >= 15 is 4.39 Å². The zero-order valence-electron chi connectivity index (χ0n) is 20.5. The highest BCUT2D eigenvalue weighted by atomic mass is 19.1. The lowest BCUT2D eigenvalue weighted by atomic mass is 9.84. The van der Waals surface area contributed by atoms with Gasteiger partial charge in [0.05, 0.1) is 40.7 Å². The number of anilines is 1. The van der Waals surface area contributed by atoms with E-state index in [2.05, 4.69) is 40.4 Å². The van der Waals surface area contributed by atoms with Crippen LogP contribution >= 0.6 is 0 Å². The Morgan fingerprint density at radius 1 is 0.949 bits per heavy atom. The maximum atomic E-state index is 16.0. The summed E-state index contributed by atoms with van der Waals surface area (Å²) in [4.78, 5) is 20.6. The van der Waals surface area contributed by atoms with Crippen molar-refractivity contribution in [1.29, 1.82) is 0 Å². The topological polar surface area (TPSA) is 128 Å². The number of halogens is 2. The summed E-state index contributed by atoms with van der Waals surface area (Å²) in [5.74, 6) is -0.488. The summed E-state index contributed by atoms with van der Waals surface area (Å²) < 4.78 is 30.6. The lowest BCUT2D eigenvalue weighted by Gasteiger charge is -2.31. The van der Waals surface area contributed by atoms with E-state index in [9.17, 15) is 9.50 Å². The van der Waals surface area contributed by atoms with Gasteiger partial charge in [-0.3, -0.25) is 20.1 Å². The van der Waals surface area contributed by atoms with Gasteiger partial charge >= 0.3 is 0 Å². The zero-order chi connectivity index (χ0) is 26.5. The Balaban J connectivity index is 1.30. The number of rotatable bonds is 6. The number of H-pyrrole nitrogens is 2. The number of benzene rings is 1. The van der Waals surface area contributed by atoms with Gasteiger partial charge in [0.15, 0.2) is 11.6 Å². The minimum Gasteiger partial charge on any atom is -0.374 e. The second kappa shape index (κ2) is 9.21. The van der Waals surface area contributed by atoms with Crippen LogP contribution in [0.4, 0.5) is 14.5 Å². The van der Waals surface area contributed by atoms with Crippen molar-refractivity contribution in [3.8, 4) is 33.9 Å². The molecule has 5 aromatic heterocycles. The number of pyridine rings is 3. The van der Waals surface area contributed by atoms with Crippen molar-refractivity contribution in [2.75, 3.05) is 5.32 Å². The first kappa shape index (κ1) is 23.4. The molecule has 0 aliphatic heterocycles. The van der Waals surface area contributed by atoms with E-state index in [0.29, 0.717) is 44.8 Å². The molecule has 5 heterocycles. The van der Waals surface area contributed by atoms with Crippen LogP contribution in [0.3, 0.4) is 0 Å². The number of hydrogen-bond acceptors (Lipinski definition) is 7. The fourth-order valence-electron chi connectivity index (χ4n) is 4.96. The summed E-state index contributed by atoms with van der Waals surface area (Å²) in [6, 6.07) is 8.09. The Morgan fingerprint density at radius 3 is 2.62 bits per heavy atom. The van der Waals surface area contributed by atoms with E-state index < -0.39 is 17.9 Å². The van der Waals surface area contributed by atoms with Crippen LogP contribution in [0, 0.1) is 17.6 Å². The highest BCUT2D eigenvalue weighted by Crippen LogP contribution is 2.35. The molecule has 1 aliphatic carbocycles. The molecule has 1 saturated carbocycles.